The number of nitrogens with one attached hydrogen (secondary N) is 2. The van der Waals surface area contributed by atoms with Gasteiger partial charge in [0.2, 0.25) is 11.8 Å². The summed E-state index contributed by atoms with van der Waals surface area (Å²) < 4.78 is 5.12. The first-order valence-electron chi connectivity index (χ1n) is 6.10. The summed E-state index contributed by atoms with van der Waals surface area (Å²) in [6.45, 7) is 1.79. The van der Waals surface area contributed by atoms with Crippen molar-refractivity contribution in [1.82, 2.24) is 5.32 Å². The molecule has 0 aromatic heterocycles. The Morgan fingerprint density at radius 3 is 2.75 bits per heavy atom. The van der Waals surface area contributed by atoms with E-state index in [9.17, 15) is 9.59 Å². The normalized spacial score (nSPS) is 11.6. The molecule has 7 heteroatoms. The van der Waals surface area contributed by atoms with Crippen molar-refractivity contribution in [2.45, 2.75) is 19.4 Å². The molecule has 4 N–H and O–H groups in total. The third-order valence-electron chi connectivity index (χ3n) is 2.50. The monoisotopic (exact) mass is 299 g/mol. The Morgan fingerprint density at radius 2 is 2.15 bits per heavy atom. The van der Waals surface area contributed by atoms with E-state index in [1.165, 1.54) is 7.11 Å². The minimum Gasteiger partial charge on any atom is -0.495 e. The maximum atomic E-state index is 11.8. The Bertz CT molecular complexity index is 492. The van der Waals surface area contributed by atoms with Crippen LogP contribution in [0.25, 0.3) is 0 Å². The van der Waals surface area contributed by atoms with E-state index in [1.807, 2.05) is 0 Å². The lowest BCUT2D eigenvalue weighted by atomic mass is 10.2. The van der Waals surface area contributed by atoms with Crippen molar-refractivity contribution < 1.29 is 14.3 Å². The van der Waals surface area contributed by atoms with E-state index in [1.54, 1.807) is 25.1 Å². The highest BCUT2D eigenvalue weighted by molar-refractivity contribution is 6.31. The highest BCUT2D eigenvalue weighted by Crippen LogP contribution is 2.27. The zero-order valence-electron chi connectivity index (χ0n) is 11.4. The second-order valence-corrected chi connectivity index (χ2v) is 4.66. The molecule has 0 saturated heterocycles. The van der Waals surface area contributed by atoms with Gasteiger partial charge < -0.3 is 21.1 Å². The lowest BCUT2D eigenvalue weighted by Gasteiger charge is -2.11. The number of nitrogens with two attached hydrogens (primary N) is 1. The summed E-state index contributed by atoms with van der Waals surface area (Å²) in [7, 11) is 1.50. The van der Waals surface area contributed by atoms with Gasteiger partial charge in [-0.25, -0.2) is 0 Å². The molecular formula is C13H18ClN3O3. The molecule has 0 fully saturated rings. The number of halogens is 1. The highest BCUT2D eigenvalue weighted by Gasteiger charge is 2.10. The van der Waals surface area contributed by atoms with Crippen LogP contribution in [0.4, 0.5) is 5.69 Å². The maximum absolute atomic E-state index is 11.8. The molecule has 2 amide bonds. The highest BCUT2D eigenvalue weighted by atomic mass is 35.5. The summed E-state index contributed by atoms with van der Waals surface area (Å²) in [4.78, 5) is 23.0. The number of methoxy groups -OCH3 is 1. The number of amides is 2. The number of benzene rings is 1. The zero-order chi connectivity index (χ0) is 15.1. The predicted molar refractivity (Wildman–Crippen MR) is 77.9 cm³/mol. The van der Waals surface area contributed by atoms with Crippen LogP contribution in [0.1, 0.15) is 13.3 Å². The SMILES string of the molecule is COc1ccc(Cl)cc1NC(=O)CCNC(=O)[C@@H](C)N. The number of ether oxygens (including phenoxy) is 1. The van der Waals surface area contributed by atoms with Gasteiger partial charge in [0.15, 0.2) is 0 Å². The van der Waals surface area contributed by atoms with E-state index >= 15 is 0 Å². The molecule has 1 aromatic rings. The van der Waals surface area contributed by atoms with Gasteiger partial charge in [0.05, 0.1) is 18.8 Å². The van der Waals surface area contributed by atoms with Crippen LogP contribution in [-0.2, 0) is 9.59 Å². The van der Waals surface area contributed by atoms with Gasteiger partial charge in [0, 0.05) is 18.0 Å². The third-order valence-corrected chi connectivity index (χ3v) is 2.74. The van der Waals surface area contributed by atoms with Gasteiger partial charge in [0.25, 0.3) is 0 Å². The Labute approximate surface area is 122 Å². The summed E-state index contributed by atoms with van der Waals surface area (Å²) in [6.07, 6.45) is 0.133. The molecule has 0 spiro atoms. The maximum Gasteiger partial charge on any atom is 0.236 e. The van der Waals surface area contributed by atoms with Gasteiger partial charge >= 0.3 is 0 Å². The predicted octanol–water partition coefficient (Wildman–Crippen LogP) is 1.14. The molecule has 20 heavy (non-hydrogen) atoms. The molecule has 1 aromatic carbocycles. The lowest BCUT2D eigenvalue weighted by molar-refractivity contribution is -0.122. The van der Waals surface area contributed by atoms with Crippen LogP contribution in [-0.4, -0.2) is 31.5 Å². The Kier molecular flexibility index (Phi) is 6.27. The summed E-state index contributed by atoms with van der Waals surface area (Å²) in [5, 5.41) is 5.72. The largest absolute Gasteiger partial charge is 0.495 e. The molecule has 0 radical (unpaired) electrons. The van der Waals surface area contributed by atoms with Crippen molar-refractivity contribution in [3.63, 3.8) is 0 Å². The van der Waals surface area contributed by atoms with Crippen molar-refractivity contribution in [2.75, 3.05) is 19.0 Å². The minimum atomic E-state index is -0.592. The Hall–Kier alpha value is -1.79. The van der Waals surface area contributed by atoms with E-state index in [0.717, 1.165) is 0 Å². The topological polar surface area (TPSA) is 93.5 Å². The van der Waals surface area contributed by atoms with Crippen LogP contribution in [0, 0.1) is 0 Å². The fourth-order valence-corrected chi connectivity index (χ4v) is 1.62. The van der Waals surface area contributed by atoms with E-state index in [4.69, 9.17) is 22.1 Å². The molecule has 0 aliphatic rings. The van der Waals surface area contributed by atoms with Crippen LogP contribution in [0.15, 0.2) is 18.2 Å². The van der Waals surface area contributed by atoms with Crippen molar-refractivity contribution in [3.05, 3.63) is 23.2 Å². The van der Waals surface area contributed by atoms with Crippen LogP contribution in [0.3, 0.4) is 0 Å². The second kappa shape index (κ2) is 7.72. The summed E-state index contributed by atoms with van der Waals surface area (Å²) >= 11 is 5.86. The number of hydrogen-bond acceptors (Lipinski definition) is 4. The molecule has 0 bridgehead atoms. The van der Waals surface area contributed by atoms with Crippen LogP contribution in [0.2, 0.25) is 5.02 Å². The van der Waals surface area contributed by atoms with Crippen LogP contribution < -0.4 is 21.1 Å². The fraction of sp³-hybridized carbons (Fsp3) is 0.385. The van der Waals surface area contributed by atoms with E-state index in [-0.39, 0.29) is 24.8 Å². The van der Waals surface area contributed by atoms with Crippen molar-refractivity contribution >= 4 is 29.1 Å². The fourth-order valence-electron chi connectivity index (χ4n) is 1.45. The van der Waals surface area contributed by atoms with Gasteiger partial charge in [-0.1, -0.05) is 11.6 Å². The van der Waals surface area contributed by atoms with E-state index in [0.29, 0.717) is 16.5 Å². The van der Waals surface area contributed by atoms with Crippen molar-refractivity contribution in [2.24, 2.45) is 5.73 Å². The molecule has 0 heterocycles. The molecule has 6 nitrogen and oxygen atoms in total. The Balaban J connectivity index is 2.50. The summed E-state index contributed by atoms with van der Waals surface area (Å²) in [5.74, 6) is -0.0314. The quantitative estimate of drug-likeness (QED) is 0.734. The molecule has 0 unspecified atom stereocenters. The second-order valence-electron chi connectivity index (χ2n) is 4.22. The average molecular weight is 300 g/mol. The summed E-state index contributed by atoms with van der Waals surface area (Å²) in [5.41, 5.74) is 5.88. The first-order valence-corrected chi connectivity index (χ1v) is 6.48. The first kappa shape index (κ1) is 16.3. The van der Waals surface area contributed by atoms with Crippen LogP contribution in [0.5, 0.6) is 5.75 Å². The molecule has 110 valence electrons. The van der Waals surface area contributed by atoms with Gasteiger partial charge in [-0.2, -0.15) is 0 Å². The molecule has 0 saturated carbocycles. The smallest absolute Gasteiger partial charge is 0.236 e. The Morgan fingerprint density at radius 1 is 1.45 bits per heavy atom. The van der Waals surface area contributed by atoms with Crippen molar-refractivity contribution in [3.8, 4) is 5.75 Å². The number of hydrogen-bond donors (Lipinski definition) is 3. The molecular weight excluding hydrogens is 282 g/mol. The van der Waals surface area contributed by atoms with E-state index < -0.39 is 6.04 Å². The summed E-state index contributed by atoms with van der Waals surface area (Å²) in [6, 6.07) is 4.33. The molecule has 1 rings (SSSR count). The average Bonchev–Trinajstić information content (AvgIpc) is 2.38. The standard InChI is InChI=1S/C13H18ClN3O3/c1-8(15)13(19)16-6-5-12(18)17-10-7-9(14)3-4-11(10)20-2/h3-4,7-8H,5-6,15H2,1-2H3,(H,16,19)(H,17,18)/t8-/m1/s1. The lowest BCUT2D eigenvalue weighted by Crippen LogP contribution is -2.39. The molecule has 1 atom stereocenters. The first-order chi connectivity index (χ1) is 9.43. The number of anilines is 1. The zero-order valence-corrected chi connectivity index (χ0v) is 12.2. The van der Waals surface area contributed by atoms with Gasteiger partial charge in [0.1, 0.15) is 5.75 Å². The van der Waals surface area contributed by atoms with Crippen molar-refractivity contribution in [1.29, 1.82) is 0 Å². The van der Waals surface area contributed by atoms with Gasteiger partial charge in [-0.15, -0.1) is 0 Å². The number of carbonyl (C=O) groups excluding carboxylic acids is 2. The van der Waals surface area contributed by atoms with Crippen LogP contribution >= 0.6 is 11.6 Å². The number of carbonyl (C=O) groups is 2. The van der Waals surface area contributed by atoms with Gasteiger partial charge in [-0.05, 0) is 25.1 Å². The number of rotatable bonds is 6. The van der Waals surface area contributed by atoms with E-state index in [2.05, 4.69) is 10.6 Å². The molecule has 0 aliphatic carbocycles. The minimum absolute atomic E-state index is 0.133. The molecule has 0 aliphatic heterocycles. The third kappa shape index (κ3) is 5.07. The van der Waals surface area contributed by atoms with Gasteiger partial charge in [-0.3, -0.25) is 9.59 Å².